The molecule has 0 aliphatic carbocycles. The molecule has 0 aromatic heterocycles. The summed E-state index contributed by atoms with van der Waals surface area (Å²) in [6.45, 7) is 2.91. The number of nitrogens with zero attached hydrogens (tertiary/aromatic N) is 1. The summed E-state index contributed by atoms with van der Waals surface area (Å²) >= 11 is 6.17. The molecule has 0 spiro atoms. The minimum absolute atomic E-state index is 0.0633. The number of carbonyl (C=O) groups is 1. The summed E-state index contributed by atoms with van der Waals surface area (Å²) < 4.78 is 32.2. The largest absolute Gasteiger partial charge is 0.496 e. The minimum Gasteiger partial charge on any atom is -0.496 e. The smallest absolute Gasteiger partial charge is 0.241 e. The van der Waals surface area contributed by atoms with Gasteiger partial charge in [0.2, 0.25) is 15.9 Å². The Morgan fingerprint density at radius 2 is 1.91 bits per heavy atom. The lowest BCUT2D eigenvalue weighted by Crippen LogP contribution is -2.32. The lowest BCUT2D eigenvalue weighted by Gasteiger charge is -2.24. The van der Waals surface area contributed by atoms with E-state index < -0.39 is 10.0 Å². The zero-order chi connectivity index (χ0) is 24.3. The normalized spacial score (nSPS) is 11.1. The number of sulfonamides is 1. The van der Waals surface area contributed by atoms with E-state index in [4.69, 9.17) is 22.8 Å². The van der Waals surface area contributed by atoms with Crippen molar-refractivity contribution < 1.29 is 17.9 Å². The Morgan fingerprint density at radius 1 is 1.18 bits per heavy atom. The summed E-state index contributed by atoms with van der Waals surface area (Å²) in [5, 5.41) is 0.583. The van der Waals surface area contributed by atoms with Gasteiger partial charge in [0.1, 0.15) is 5.75 Å². The Labute approximate surface area is 202 Å². The molecule has 8 heteroatoms. The number of hydrogen-bond acceptors (Lipinski definition) is 4. The predicted molar refractivity (Wildman–Crippen MR) is 132 cm³/mol. The molecular weight excluding hydrogens is 460 g/mol. The van der Waals surface area contributed by atoms with Crippen LogP contribution in [0, 0.1) is 12.3 Å². The summed E-state index contributed by atoms with van der Waals surface area (Å²) in [6, 6.07) is 12.0. The van der Waals surface area contributed by atoms with Gasteiger partial charge in [0.15, 0.2) is 0 Å². The van der Waals surface area contributed by atoms with E-state index in [9.17, 15) is 13.2 Å². The highest BCUT2D eigenvalue weighted by atomic mass is 35.5. The minimum atomic E-state index is -3.63. The van der Waals surface area contributed by atoms with E-state index in [0.29, 0.717) is 36.7 Å². The number of nitrogens with one attached hydrogen (secondary N) is 1. The molecular formula is C25H31ClN2O4S. The zero-order valence-corrected chi connectivity index (χ0v) is 20.7. The van der Waals surface area contributed by atoms with E-state index in [0.717, 1.165) is 30.4 Å². The molecule has 0 bridgehead atoms. The van der Waals surface area contributed by atoms with E-state index >= 15 is 0 Å². The number of amides is 1. The van der Waals surface area contributed by atoms with Crippen molar-refractivity contribution in [3.8, 4) is 18.1 Å². The van der Waals surface area contributed by atoms with Crippen LogP contribution in [0.2, 0.25) is 5.02 Å². The molecule has 0 radical (unpaired) electrons. The quantitative estimate of drug-likeness (QED) is 0.333. The second-order valence-corrected chi connectivity index (χ2v) is 9.85. The molecule has 0 unspecified atom stereocenters. The van der Waals surface area contributed by atoms with Gasteiger partial charge in [-0.15, -0.1) is 6.42 Å². The molecule has 2 aromatic carbocycles. The van der Waals surface area contributed by atoms with Crippen LogP contribution >= 0.6 is 11.6 Å². The molecule has 178 valence electrons. The van der Waals surface area contributed by atoms with E-state index in [-0.39, 0.29) is 17.3 Å². The van der Waals surface area contributed by atoms with E-state index in [1.54, 1.807) is 43.5 Å². The van der Waals surface area contributed by atoms with Crippen molar-refractivity contribution in [3.63, 3.8) is 0 Å². The fraction of sp³-hybridized carbons (Fsp3) is 0.400. The highest BCUT2D eigenvalue weighted by molar-refractivity contribution is 7.89. The maximum Gasteiger partial charge on any atom is 0.241 e. The van der Waals surface area contributed by atoms with Crippen molar-refractivity contribution in [2.75, 3.05) is 20.2 Å². The van der Waals surface area contributed by atoms with Crippen LogP contribution < -0.4 is 9.46 Å². The van der Waals surface area contributed by atoms with Gasteiger partial charge in [-0.2, -0.15) is 4.72 Å². The highest BCUT2D eigenvalue weighted by Crippen LogP contribution is 2.25. The van der Waals surface area contributed by atoms with E-state index in [1.807, 2.05) is 11.0 Å². The second kappa shape index (κ2) is 13.2. The Balaban J connectivity index is 2.14. The number of hydrogen-bond donors (Lipinski definition) is 1. The summed E-state index contributed by atoms with van der Waals surface area (Å²) in [4.78, 5) is 14.9. The molecule has 0 saturated carbocycles. The average Bonchev–Trinajstić information content (AvgIpc) is 2.81. The number of rotatable bonds is 13. The van der Waals surface area contributed by atoms with E-state index in [1.165, 1.54) is 0 Å². The molecule has 0 aliphatic rings. The Hall–Kier alpha value is -2.53. The highest BCUT2D eigenvalue weighted by Gasteiger charge is 2.17. The van der Waals surface area contributed by atoms with Crippen LogP contribution in [0.25, 0.3) is 0 Å². The van der Waals surface area contributed by atoms with Crippen LogP contribution in [0.1, 0.15) is 43.7 Å². The van der Waals surface area contributed by atoms with Gasteiger partial charge < -0.3 is 9.64 Å². The van der Waals surface area contributed by atoms with Gasteiger partial charge in [-0.1, -0.05) is 49.4 Å². The van der Waals surface area contributed by atoms with E-state index in [2.05, 4.69) is 17.6 Å². The molecule has 1 N–H and O–H groups in total. The summed E-state index contributed by atoms with van der Waals surface area (Å²) in [7, 11) is -2.04. The van der Waals surface area contributed by atoms with Crippen molar-refractivity contribution in [3.05, 3.63) is 58.6 Å². The Kier molecular flexibility index (Phi) is 10.7. The first-order chi connectivity index (χ1) is 15.8. The topological polar surface area (TPSA) is 75.7 Å². The van der Waals surface area contributed by atoms with Crippen LogP contribution in [-0.4, -0.2) is 39.4 Å². The van der Waals surface area contributed by atoms with Gasteiger partial charge in [0, 0.05) is 30.1 Å². The molecule has 33 heavy (non-hydrogen) atoms. The summed E-state index contributed by atoms with van der Waals surface area (Å²) in [6.07, 6.45) is 9.08. The molecule has 0 fully saturated rings. The number of unbranched alkanes of at least 4 members (excludes halogenated alkanes) is 2. The summed E-state index contributed by atoms with van der Waals surface area (Å²) in [5.41, 5.74) is 1.77. The summed E-state index contributed by atoms with van der Waals surface area (Å²) in [5.74, 6) is 3.01. The second-order valence-electron chi connectivity index (χ2n) is 7.65. The molecule has 0 heterocycles. The van der Waals surface area contributed by atoms with Crippen molar-refractivity contribution in [2.45, 2.75) is 50.5 Å². The Bertz CT molecular complexity index is 1060. The van der Waals surface area contributed by atoms with Crippen molar-refractivity contribution in [1.29, 1.82) is 0 Å². The van der Waals surface area contributed by atoms with Crippen LogP contribution in [0.3, 0.4) is 0 Å². The van der Waals surface area contributed by atoms with Crippen molar-refractivity contribution in [1.82, 2.24) is 9.62 Å². The average molecular weight is 491 g/mol. The number of halogens is 1. The first-order valence-electron chi connectivity index (χ1n) is 10.9. The van der Waals surface area contributed by atoms with Crippen LogP contribution in [0.4, 0.5) is 0 Å². The van der Waals surface area contributed by atoms with Crippen molar-refractivity contribution >= 4 is 27.5 Å². The maximum atomic E-state index is 13.0. The monoisotopic (exact) mass is 490 g/mol. The zero-order valence-electron chi connectivity index (χ0n) is 19.1. The lowest BCUT2D eigenvalue weighted by atomic mass is 10.1. The first-order valence-corrected chi connectivity index (χ1v) is 12.8. The molecule has 0 atom stereocenters. The molecule has 2 aromatic rings. The molecule has 0 saturated heterocycles. The van der Waals surface area contributed by atoms with Gasteiger partial charge in [-0.05, 0) is 48.7 Å². The number of ether oxygens (including phenoxy) is 1. The van der Waals surface area contributed by atoms with Crippen LogP contribution in [0.15, 0.2) is 47.4 Å². The number of methoxy groups -OCH3 is 1. The van der Waals surface area contributed by atoms with Gasteiger partial charge in [-0.3, -0.25) is 4.79 Å². The van der Waals surface area contributed by atoms with Crippen molar-refractivity contribution in [2.24, 2.45) is 0 Å². The maximum absolute atomic E-state index is 13.0. The van der Waals surface area contributed by atoms with Gasteiger partial charge in [0.25, 0.3) is 0 Å². The van der Waals surface area contributed by atoms with Gasteiger partial charge in [0.05, 0.1) is 18.6 Å². The third-order valence-corrected chi connectivity index (χ3v) is 6.87. The molecule has 1 amide bonds. The predicted octanol–water partition coefficient (Wildman–Crippen LogP) is 4.41. The number of benzene rings is 2. The number of terminal acetylenes is 1. The molecule has 2 rings (SSSR count). The fourth-order valence-corrected chi connectivity index (χ4v) is 4.50. The van der Waals surface area contributed by atoms with Gasteiger partial charge >= 0.3 is 0 Å². The Morgan fingerprint density at radius 3 is 2.55 bits per heavy atom. The molecule has 6 nitrogen and oxygen atoms in total. The SMILES string of the molecule is C#CCNS(=O)(=O)c1ccc(CCN(Cc2cc(Cl)ccc2OC)C(=O)CCCCC)cc1. The van der Waals surface area contributed by atoms with Crippen LogP contribution in [-0.2, 0) is 27.8 Å². The standard InChI is InChI=1S/C25H31ClN2O4S/c1-4-6-7-8-25(29)28(19-21-18-22(26)11-14-24(21)32-3)17-15-20-9-12-23(13-10-20)33(30,31)27-16-5-2/h2,9-14,18,27H,4,6-8,15-17,19H2,1,3H3. The van der Waals surface area contributed by atoms with Gasteiger partial charge in [-0.25, -0.2) is 8.42 Å². The molecule has 0 aliphatic heterocycles. The fourth-order valence-electron chi connectivity index (χ4n) is 3.37. The van der Waals surface area contributed by atoms with Crippen LogP contribution in [0.5, 0.6) is 5.75 Å². The number of carbonyl (C=O) groups excluding carboxylic acids is 1. The third-order valence-electron chi connectivity index (χ3n) is 5.22. The lowest BCUT2D eigenvalue weighted by molar-refractivity contribution is -0.131. The third kappa shape index (κ3) is 8.39. The first kappa shape index (κ1) is 26.7.